The van der Waals surface area contributed by atoms with E-state index in [1.165, 1.54) is 0 Å². The first kappa shape index (κ1) is 12.7. The Morgan fingerprint density at radius 2 is 1.88 bits per heavy atom. The molecule has 1 rings (SSSR count). The van der Waals surface area contributed by atoms with Crippen molar-refractivity contribution in [3.05, 3.63) is 28.8 Å². The molecule has 4 heteroatoms. The highest BCUT2D eigenvalue weighted by Crippen LogP contribution is 2.21. The number of aliphatic hydroxyl groups excluding tert-OH is 1. The van der Waals surface area contributed by atoms with Crippen LogP contribution in [0.25, 0.3) is 0 Å². The van der Waals surface area contributed by atoms with Gasteiger partial charge in [-0.05, 0) is 31.9 Å². The molecule has 1 unspecified atom stereocenters. The van der Waals surface area contributed by atoms with Crippen molar-refractivity contribution in [2.75, 3.05) is 11.9 Å². The van der Waals surface area contributed by atoms with Crippen LogP contribution >= 0.6 is 0 Å². The molecule has 0 radical (unpaired) electrons. The summed E-state index contributed by atoms with van der Waals surface area (Å²) in [4.78, 5) is 11.5. The summed E-state index contributed by atoms with van der Waals surface area (Å²) in [5.74, 6) is -0.461. The Labute approximate surface area is 95.5 Å². The van der Waals surface area contributed by atoms with Gasteiger partial charge >= 0.3 is 0 Å². The van der Waals surface area contributed by atoms with E-state index in [0.717, 1.165) is 22.4 Å². The summed E-state index contributed by atoms with van der Waals surface area (Å²) in [6.07, 6.45) is -1.15. The molecule has 1 atom stereocenters. The number of anilines is 1. The minimum Gasteiger partial charge on any atom is -0.382 e. The van der Waals surface area contributed by atoms with Crippen LogP contribution in [0.2, 0.25) is 0 Å². The van der Waals surface area contributed by atoms with Crippen LogP contribution in [0.1, 0.15) is 16.7 Å². The lowest BCUT2D eigenvalue weighted by molar-refractivity contribution is -0.123. The zero-order chi connectivity index (χ0) is 12.3. The minimum atomic E-state index is -1.15. The summed E-state index contributed by atoms with van der Waals surface area (Å²) < 4.78 is 0. The van der Waals surface area contributed by atoms with Gasteiger partial charge in [-0.15, -0.1) is 0 Å². The number of rotatable bonds is 3. The maximum absolute atomic E-state index is 11.5. The molecular formula is C12H18N2O2. The van der Waals surface area contributed by atoms with E-state index in [0.29, 0.717) is 0 Å². The minimum absolute atomic E-state index is 0.0736. The van der Waals surface area contributed by atoms with Gasteiger partial charge in [-0.1, -0.05) is 17.7 Å². The van der Waals surface area contributed by atoms with Gasteiger partial charge in [0.15, 0.2) is 0 Å². The number of carbonyl (C=O) groups is 1. The molecule has 0 aliphatic heterocycles. The number of hydrogen-bond donors (Lipinski definition) is 3. The van der Waals surface area contributed by atoms with Gasteiger partial charge in [-0.3, -0.25) is 4.79 Å². The topological polar surface area (TPSA) is 75.3 Å². The fourth-order valence-electron chi connectivity index (χ4n) is 1.69. The summed E-state index contributed by atoms with van der Waals surface area (Å²) in [6.45, 7) is 5.77. The second kappa shape index (κ2) is 5.09. The normalized spacial score (nSPS) is 12.3. The van der Waals surface area contributed by atoms with Gasteiger partial charge < -0.3 is 16.2 Å². The Morgan fingerprint density at radius 1 is 1.38 bits per heavy atom. The van der Waals surface area contributed by atoms with Crippen LogP contribution in [-0.4, -0.2) is 23.7 Å². The van der Waals surface area contributed by atoms with E-state index in [2.05, 4.69) is 5.32 Å². The Kier molecular flexibility index (Phi) is 4.04. The van der Waals surface area contributed by atoms with E-state index in [-0.39, 0.29) is 6.54 Å². The van der Waals surface area contributed by atoms with Gasteiger partial charge in [-0.2, -0.15) is 0 Å². The van der Waals surface area contributed by atoms with Crippen molar-refractivity contribution in [3.8, 4) is 0 Å². The average Bonchev–Trinajstić information content (AvgIpc) is 2.21. The summed E-state index contributed by atoms with van der Waals surface area (Å²) in [7, 11) is 0. The number of hydrogen-bond acceptors (Lipinski definition) is 3. The van der Waals surface area contributed by atoms with E-state index in [9.17, 15) is 9.90 Å². The highest BCUT2D eigenvalue weighted by atomic mass is 16.3. The zero-order valence-electron chi connectivity index (χ0n) is 9.87. The number of aliphatic hydroxyl groups is 1. The third-order valence-electron chi connectivity index (χ3n) is 2.45. The summed E-state index contributed by atoms with van der Waals surface area (Å²) in [6, 6.07) is 3.97. The molecular weight excluding hydrogens is 204 g/mol. The number of nitrogens with one attached hydrogen (secondary N) is 1. The predicted molar refractivity (Wildman–Crippen MR) is 64.3 cm³/mol. The van der Waals surface area contributed by atoms with Crippen molar-refractivity contribution in [1.29, 1.82) is 0 Å². The molecule has 0 aromatic heterocycles. The van der Waals surface area contributed by atoms with Crippen LogP contribution in [0.5, 0.6) is 0 Å². The molecule has 16 heavy (non-hydrogen) atoms. The van der Waals surface area contributed by atoms with Crippen molar-refractivity contribution in [2.45, 2.75) is 26.9 Å². The third-order valence-corrected chi connectivity index (χ3v) is 2.45. The van der Waals surface area contributed by atoms with Gasteiger partial charge in [-0.25, -0.2) is 0 Å². The largest absolute Gasteiger partial charge is 0.382 e. The summed E-state index contributed by atoms with van der Waals surface area (Å²) in [5, 5.41) is 12.0. The number of carbonyl (C=O) groups excluding carboxylic acids is 1. The fraction of sp³-hybridized carbons (Fsp3) is 0.417. The second-order valence-electron chi connectivity index (χ2n) is 4.01. The SMILES string of the molecule is Cc1cc(C)c(NC(=O)C(O)CN)c(C)c1. The van der Waals surface area contributed by atoms with Crippen molar-refractivity contribution in [1.82, 2.24) is 0 Å². The van der Waals surface area contributed by atoms with E-state index >= 15 is 0 Å². The lowest BCUT2D eigenvalue weighted by atomic mass is 10.0. The van der Waals surface area contributed by atoms with Crippen molar-refractivity contribution in [3.63, 3.8) is 0 Å². The van der Waals surface area contributed by atoms with Crippen LogP contribution in [-0.2, 0) is 4.79 Å². The number of aryl methyl sites for hydroxylation is 3. The molecule has 1 aromatic carbocycles. The molecule has 0 aliphatic rings. The van der Waals surface area contributed by atoms with Gasteiger partial charge in [0.1, 0.15) is 6.10 Å². The Hall–Kier alpha value is -1.39. The molecule has 0 saturated heterocycles. The lowest BCUT2D eigenvalue weighted by Gasteiger charge is -2.14. The van der Waals surface area contributed by atoms with Crippen LogP contribution in [0, 0.1) is 20.8 Å². The van der Waals surface area contributed by atoms with Gasteiger partial charge in [0.2, 0.25) is 0 Å². The standard InChI is InChI=1S/C12H18N2O2/c1-7-4-8(2)11(9(3)5-7)14-12(16)10(15)6-13/h4-5,10,15H,6,13H2,1-3H3,(H,14,16). The molecule has 0 saturated carbocycles. The number of amides is 1. The molecule has 0 bridgehead atoms. The van der Waals surface area contributed by atoms with Gasteiger partial charge in [0, 0.05) is 12.2 Å². The molecule has 4 N–H and O–H groups in total. The smallest absolute Gasteiger partial charge is 0.254 e. The van der Waals surface area contributed by atoms with E-state index in [1.807, 2.05) is 32.9 Å². The highest BCUT2D eigenvalue weighted by Gasteiger charge is 2.14. The molecule has 1 aromatic rings. The molecule has 0 heterocycles. The van der Waals surface area contributed by atoms with Crippen molar-refractivity contribution < 1.29 is 9.90 Å². The molecule has 0 fully saturated rings. The summed E-state index contributed by atoms with van der Waals surface area (Å²) in [5.41, 5.74) is 9.08. The van der Waals surface area contributed by atoms with Crippen LogP contribution in [0.4, 0.5) is 5.69 Å². The number of benzene rings is 1. The Balaban J connectivity index is 2.93. The van der Waals surface area contributed by atoms with Crippen molar-refractivity contribution >= 4 is 11.6 Å². The Morgan fingerprint density at radius 3 is 2.31 bits per heavy atom. The van der Waals surface area contributed by atoms with Gasteiger partial charge in [0.25, 0.3) is 5.91 Å². The number of nitrogens with two attached hydrogens (primary N) is 1. The molecule has 0 spiro atoms. The van der Waals surface area contributed by atoms with Crippen LogP contribution in [0.15, 0.2) is 12.1 Å². The predicted octanol–water partition coefficient (Wildman–Crippen LogP) is 0.870. The Bertz CT molecular complexity index is 379. The first-order chi connectivity index (χ1) is 7.45. The fourth-order valence-corrected chi connectivity index (χ4v) is 1.69. The quantitative estimate of drug-likeness (QED) is 0.710. The van der Waals surface area contributed by atoms with E-state index in [4.69, 9.17) is 5.73 Å². The summed E-state index contributed by atoms with van der Waals surface area (Å²) >= 11 is 0. The average molecular weight is 222 g/mol. The molecule has 0 aliphatic carbocycles. The van der Waals surface area contributed by atoms with E-state index in [1.54, 1.807) is 0 Å². The molecule has 1 amide bonds. The van der Waals surface area contributed by atoms with Gasteiger partial charge in [0.05, 0.1) is 0 Å². The third kappa shape index (κ3) is 2.81. The zero-order valence-corrected chi connectivity index (χ0v) is 9.87. The lowest BCUT2D eigenvalue weighted by Crippen LogP contribution is -2.34. The molecule has 4 nitrogen and oxygen atoms in total. The first-order valence-electron chi connectivity index (χ1n) is 5.22. The van der Waals surface area contributed by atoms with Crippen molar-refractivity contribution in [2.24, 2.45) is 5.73 Å². The first-order valence-corrected chi connectivity index (χ1v) is 5.22. The highest BCUT2D eigenvalue weighted by molar-refractivity contribution is 5.95. The van der Waals surface area contributed by atoms with Crippen LogP contribution in [0.3, 0.4) is 0 Å². The van der Waals surface area contributed by atoms with E-state index < -0.39 is 12.0 Å². The maximum atomic E-state index is 11.5. The monoisotopic (exact) mass is 222 g/mol. The second-order valence-corrected chi connectivity index (χ2v) is 4.01. The maximum Gasteiger partial charge on any atom is 0.254 e. The molecule has 88 valence electrons. The van der Waals surface area contributed by atoms with Crippen LogP contribution < -0.4 is 11.1 Å².